The predicted octanol–water partition coefficient (Wildman–Crippen LogP) is 25.3. The van der Waals surface area contributed by atoms with E-state index in [0.717, 1.165) is 64.2 Å². The highest BCUT2D eigenvalue weighted by Gasteiger charge is 2.20. The summed E-state index contributed by atoms with van der Waals surface area (Å²) in [5.41, 5.74) is 0. The first-order valence-electron chi connectivity index (χ1n) is 36.8. The first kappa shape index (κ1) is 78.9. The van der Waals surface area contributed by atoms with Crippen LogP contribution in [0.5, 0.6) is 0 Å². The quantitative estimate of drug-likeness (QED) is 0.0261. The highest BCUT2D eigenvalue weighted by atomic mass is 16.6. The number of unbranched alkanes of at least 4 members (excludes halogenated alkanes) is 54. The van der Waals surface area contributed by atoms with Crippen molar-refractivity contribution in [1.29, 1.82) is 0 Å². The fourth-order valence-electron chi connectivity index (χ4n) is 11.4. The van der Waals surface area contributed by atoms with Crippen LogP contribution in [-0.4, -0.2) is 37.2 Å². The molecular formula is C75H142O6. The van der Waals surface area contributed by atoms with Crippen molar-refractivity contribution in [1.82, 2.24) is 0 Å². The Morgan fingerprint density at radius 1 is 0.247 bits per heavy atom. The molecule has 0 bridgehead atoms. The Hall–Kier alpha value is -2.11. The largest absolute Gasteiger partial charge is 0.462 e. The lowest BCUT2D eigenvalue weighted by Crippen LogP contribution is -2.30. The molecule has 0 amide bonds. The van der Waals surface area contributed by atoms with Gasteiger partial charge in [0.05, 0.1) is 0 Å². The fraction of sp³-hybridized carbons (Fsp3) is 0.907. The molecule has 478 valence electrons. The zero-order valence-corrected chi connectivity index (χ0v) is 55.1. The smallest absolute Gasteiger partial charge is 0.306 e. The molecule has 81 heavy (non-hydrogen) atoms. The Balaban J connectivity index is 3.97. The SMILES string of the molecule is CCCCCCC/C=C\C/C=C\CCCCCCCCCCCCCCCC(=O)OC(COC(=O)CCCCCCCCC)COC(=O)CCCCCCCCCCCCCCCCCCCCCCCCCCCCCCCCC. The fourth-order valence-corrected chi connectivity index (χ4v) is 11.4. The Morgan fingerprint density at radius 2 is 0.444 bits per heavy atom. The Morgan fingerprint density at radius 3 is 0.679 bits per heavy atom. The first-order valence-corrected chi connectivity index (χ1v) is 36.8. The molecule has 0 aromatic heterocycles. The van der Waals surface area contributed by atoms with Gasteiger partial charge in [-0.1, -0.05) is 373 Å². The third-order valence-electron chi connectivity index (χ3n) is 17.0. The average Bonchev–Trinajstić information content (AvgIpc) is 3.46. The van der Waals surface area contributed by atoms with E-state index in [4.69, 9.17) is 14.2 Å². The van der Waals surface area contributed by atoms with Crippen LogP contribution in [0.4, 0.5) is 0 Å². The summed E-state index contributed by atoms with van der Waals surface area (Å²) in [4.78, 5) is 38.2. The summed E-state index contributed by atoms with van der Waals surface area (Å²) in [7, 11) is 0. The van der Waals surface area contributed by atoms with Gasteiger partial charge in [-0.05, 0) is 51.4 Å². The zero-order chi connectivity index (χ0) is 58.5. The van der Waals surface area contributed by atoms with E-state index in [2.05, 4.69) is 45.1 Å². The normalized spacial score (nSPS) is 12.1. The molecule has 0 rings (SSSR count). The summed E-state index contributed by atoms with van der Waals surface area (Å²) >= 11 is 0. The number of ether oxygens (including phenoxy) is 3. The molecule has 0 heterocycles. The van der Waals surface area contributed by atoms with E-state index in [1.165, 1.54) is 315 Å². The lowest BCUT2D eigenvalue weighted by molar-refractivity contribution is -0.167. The summed E-state index contributed by atoms with van der Waals surface area (Å²) in [5.74, 6) is -0.843. The summed E-state index contributed by atoms with van der Waals surface area (Å²) in [6, 6.07) is 0. The van der Waals surface area contributed by atoms with Crippen LogP contribution >= 0.6 is 0 Å². The number of hydrogen-bond acceptors (Lipinski definition) is 6. The molecule has 0 radical (unpaired) electrons. The maximum absolute atomic E-state index is 12.9. The number of carbonyl (C=O) groups is 3. The second kappa shape index (κ2) is 70.4. The van der Waals surface area contributed by atoms with Gasteiger partial charge in [-0.2, -0.15) is 0 Å². The van der Waals surface area contributed by atoms with Gasteiger partial charge in [0.1, 0.15) is 13.2 Å². The molecule has 0 saturated heterocycles. The molecule has 1 unspecified atom stereocenters. The van der Waals surface area contributed by atoms with E-state index in [9.17, 15) is 14.4 Å². The van der Waals surface area contributed by atoms with Crippen LogP contribution in [0.25, 0.3) is 0 Å². The number of esters is 3. The number of allylic oxidation sites excluding steroid dienone is 4. The van der Waals surface area contributed by atoms with Gasteiger partial charge in [0.2, 0.25) is 0 Å². The van der Waals surface area contributed by atoms with Gasteiger partial charge in [0.15, 0.2) is 6.10 Å². The molecule has 0 N–H and O–H groups in total. The molecule has 0 aliphatic heterocycles. The van der Waals surface area contributed by atoms with E-state index in [1.807, 2.05) is 0 Å². The van der Waals surface area contributed by atoms with Crippen LogP contribution in [-0.2, 0) is 28.6 Å². The highest BCUT2D eigenvalue weighted by molar-refractivity contribution is 5.71. The molecule has 0 fully saturated rings. The van der Waals surface area contributed by atoms with Crippen LogP contribution in [0.2, 0.25) is 0 Å². The van der Waals surface area contributed by atoms with Crippen molar-refractivity contribution in [3.8, 4) is 0 Å². The molecule has 1 atom stereocenters. The lowest BCUT2D eigenvalue weighted by atomic mass is 10.0. The molecule has 6 nitrogen and oxygen atoms in total. The highest BCUT2D eigenvalue weighted by Crippen LogP contribution is 2.19. The van der Waals surface area contributed by atoms with Gasteiger partial charge in [-0.15, -0.1) is 0 Å². The van der Waals surface area contributed by atoms with Crippen LogP contribution < -0.4 is 0 Å². The van der Waals surface area contributed by atoms with Crippen LogP contribution in [0.3, 0.4) is 0 Å². The molecule has 0 aliphatic carbocycles. The number of hydrogen-bond donors (Lipinski definition) is 0. The third kappa shape index (κ3) is 68.6. The topological polar surface area (TPSA) is 78.9 Å². The molecule has 0 spiro atoms. The average molecular weight is 1140 g/mol. The van der Waals surface area contributed by atoms with Gasteiger partial charge in [0.25, 0.3) is 0 Å². The summed E-state index contributed by atoms with van der Waals surface area (Å²) < 4.78 is 16.9. The Bertz CT molecular complexity index is 1310. The lowest BCUT2D eigenvalue weighted by Gasteiger charge is -2.18. The minimum Gasteiger partial charge on any atom is -0.462 e. The van der Waals surface area contributed by atoms with Crippen molar-refractivity contribution in [2.75, 3.05) is 13.2 Å². The summed E-state index contributed by atoms with van der Waals surface area (Å²) in [6.07, 6.45) is 86.9. The molecular weight excluding hydrogens is 997 g/mol. The first-order chi connectivity index (χ1) is 40.0. The van der Waals surface area contributed by atoms with Gasteiger partial charge in [-0.25, -0.2) is 0 Å². The van der Waals surface area contributed by atoms with Crippen LogP contribution in [0.1, 0.15) is 419 Å². The molecule has 6 heteroatoms. The van der Waals surface area contributed by atoms with Crippen molar-refractivity contribution in [2.45, 2.75) is 425 Å². The van der Waals surface area contributed by atoms with E-state index in [1.54, 1.807) is 0 Å². The molecule has 0 saturated carbocycles. The maximum Gasteiger partial charge on any atom is 0.306 e. The van der Waals surface area contributed by atoms with Crippen LogP contribution in [0.15, 0.2) is 24.3 Å². The van der Waals surface area contributed by atoms with E-state index < -0.39 is 6.10 Å². The number of rotatable bonds is 69. The standard InChI is InChI=1S/C75H142O6/c1-4-7-10-13-16-18-20-22-24-26-28-30-32-34-35-36-37-38-39-41-42-44-46-48-50-52-54-56-59-62-65-68-74(77)80-71-72(70-79-73(76)67-64-61-58-15-12-9-6-3)81-75(78)69-66-63-60-57-55-53-51-49-47-45-43-40-33-31-29-27-25-23-21-19-17-14-11-8-5-2/h21,23,27,29,72H,4-20,22,24-26,28,30-71H2,1-3H3/b23-21-,29-27-. The predicted molar refractivity (Wildman–Crippen MR) is 353 cm³/mol. The summed E-state index contributed by atoms with van der Waals surface area (Å²) in [5, 5.41) is 0. The van der Waals surface area contributed by atoms with Crippen LogP contribution in [0, 0.1) is 0 Å². The third-order valence-corrected chi connectivity index (χ3v) is 17.0. The minimum absolute atomic E-state index is 0.0653. The van der Waals surface area contributed by atoms with Gasteiger partial charge < -0.3 is 14.2 Å². The van der Waals surface area contributed by atoms with E-state index in [-0.39, 0.29) is 31.1 Å². The van der Waals surface area contributed by atoms with Crippen molar-refractivity contribution in [2.24, 2.45) is 0 Å². The Kier molecular flexibility index (Phi) is 68.5. The van der Waals surface area contributed by atoms with Gasteiger partial charge in [0, 0.05) is 19.3 Å². The maximum atomic E-state index is 12.9. The van der Waals surface area contributed by atoms with Crippen molar-refractivity contribution in [3.63, 3.8) is 0 Å². The van der Waals surface area contributed by atoms with E-state index >= 15 is 0 Å². The molecule has 0 aromatic carbocycles. The van der Waals surface area contributed by atoms with E-state index in [0.29, 0.717) is 19.3 Å². The van der Waals surface area contributed by atoms with Crippen molar-refractivity contribution in [3.05, 3.63) is 24.3 Å². The Labute approximate surface area is 506 Å². The zero-order valence-electron chi connectivity index (χ0n) is 55.1. The second-order valence-electron chi connectivity index (χ2n) is 25.2. The van der Waals surface area contributed by atoms with Crippen molar-refractivity contribution < 1.29 is 28.6 Å². The van der Waals surface area contributed by atoms with Gasteiger partial charge in [-0.3, -0.25) is 14.4 Å². The molecule has 0 aromatic rings. The minimum atomic E-state index is -0.767. The monoisotopic (exact) mass is 1140 g/mol. The second-order valence-corrected chi connectivity index (χ2v) is 25.2. The molecule has 0 aliphatic rings. The number of carbonyl (C=O) groups excluding carboxylic acids is 3. The van der Waals surface area contributed by atoms with Crippen molar-refractivity contribution >= 4 is 17.9 Å². The summed E-state index contributed by atoms with van der Waals surface area (Å²) in [6.45, 7) is 6.67. The van der Waals surface area contributed by atoms with Gasteiger partial charge >= 0.3 is 17.9 Å².